The van der Waals surface area contributed by atoms with Crippen LogP contribution in [-0.2, 0) is 11.3 Å². The number of piperidine rings is 1. The topological polar surface area (TPSA) is 45.9 Å². The highest BCUT2D eigenvalue weighted by molar-refractivity contribution is 5.83. The van der Waals surface area contributed by atoms with E-state index in [2.05, 4.69) is 35.9 Å². The van der Waals surface area contributed by atoms with Crippen molar-refractivity contribution in [3.05, 3.63) is 45.3 Å². The van der Waals surface area contributed by atoms with Gasteiger partial charge in [-0.1, -0.05) is 6.07 Å². The van der Waals surface area contributed by atoms with Gasteiger partial charge in [0.15, 0.2) is 0 Å². The van der Waals surface area contributed by atoms with Crippen LogP contribution in [-0.4, -0.2) is 56.7 Å². The lowest BCUT2D eigenvalue weighted by Gasteiger charge is -2.34. The van der Waals surface area contributed by atoms with Gasteiger partial charge in [0.2, 0.25) is 0 Å². The van der Waals surface area contributed by atoms with Gasteiger partial charge in [0.25, 0.3) is 0 Å². The Bertz CT molecular complexity index is 830. The predicted molar refractivity (Wildman–Crippen MR) is 109 cm³/mol. The van der Waals surface area contributed by atoms with E-state index >= 15 is 0 Å². The van der Waals surface area contributed by atoms with Crippen LogP contribution in [0.1, 0.15) is 29.5 Å². The summed E-state index contributed by atoms with van der Waals surface area (Å²) in [7, 11) is 3.91. The van der Waals surface area contributed by atoms with Crippen molar-refractivity contribution in [1.29, 1.82) is 0 Å². The molecule has 1 fully saturated rings. The molecule has 0 amide bonds. The van der Waals surface area contributed by atoms with Crippen molar-refractivity contribution in [2.75, 3.05) is 46.9 Å². The second kappa shape index (κ2) is 9.00. The minimum Gasteiger partial charge on any atom is -0.422 e. The number of likely N-dealkylation sites (tertiary alicyclic amines) is 1. The molecule has 0 radical (unpaired) electrons. The van der Waals surface area contributed by atoms with E-state index < -0.39 is 0 Å². The summed E-state index contributed by atoms with van der Waals surface area (Å²) >= 11 is 0. The second-order valence-electron chi connectivity index (χ2n) is 8.05. The van der Waals surface area contributed by atoms with Gasteiger partial charge in [-0.25, -0.2) is 4.79 Å². The SMILES string of the molecule is COCCN1CCCC(CN(C)Cc2cc(=O)oc3c(C)cc(C)cc23)C1. The average molecular weight is 373 g/mol. The highest BCUT2D eigenvalue weighted by Crippen LogP contribution is 2.24. The van der Waals surface area contributed by atoms with Gasteiger partial charge >= 0.3 is 5.63 Å². The van der Waals surface area contributed by atoms with Gasteiger partial charge in [-0.15, -0.1) is 0 Å². The first-order chi connectivity index (χ1) is 13.0. The van der Waals surface area contributed by atoms with Gasteiger partial charge in [-0.3, -0.25) is 0 Å². The molecular formula is C22H32N2O3. The number of aryl methyl sites for hydroxylation is 2. The summed E-state index contributed by atoms with van der Waals surface area (Å²) in [6.07, 6.45) is 2.52. The molecule has 148 valence electrons. The molecule has 1 aromatic carbocycles. The summed E-state index contributed by atoms with van der Waals surface area (Å²) < 4.78 is 10.7. The van der Waals surface area contributed by atoms with Gasteiger partial charge < -0.3 is 19.0 Å². The number of rotatable bonds is 7. The lowest BCUT2D eigenvalue weighted by molar-refractivity contribution is 0.102. The Kier molecular flexibility index (Phi) is 6.68. The summed E-state index contributed by atoms with van der Waals surface area (Å²) in [5, 5.41) is 1.06. The summed E-state index contributed by atoms with van der Waals surface area (Å²) in [5.41, 5.74) is 3.73. The quantitative estimate of drug-likeness (QED) is 0.699. The zero-order valence-electron chi connectivity index (χ0n) is 17.1. The first-order valence-electron chi connectivity index (χ1n) is 9.90. The van der Waals surface area contributed by atoms with Gasteiger partial charge in [-0.2, -0.15) is 0 Å². The van der Waals surface area contributed by atoms with Crippen LogP contribution in [0.25, 0.3) is 11.0 Å². The Labute approximate surface area is 161 Å². The second-order valence-corrected chi connectivity index (χ2v) is 8.05. The van der Waals surface area contributed by atoms with Gasteiger partial charge in [0, 0.05) is 44.7 Å². The van der Waals surface area contributed by atoms with E-state index in [1.54, 1.807) is 13.2 Å². The Morgan fingerprint density at radius 2 is 2.11 bits per heavy atom. The van der Waals surface area contributed by atoms with E-state index in [0.29, 0.717) is 5.92 Å². The van der Waals surface area contributed by atoms with Crippen molar-refractivity contribution >= 4 is 11.0 Å². The van der Waals surface area contributed by atoms with Crippen LogP contribution in [0.3, 0.4) is 0 Å². The third-order valence-electron chi connectivity index (χ3n) is 5.48. The van der Waals surface area contributed by atoms with Crippen LogP contribution in [0, 0.1) is 19.8 Å². The number of methoxy groups -OCH3 is 1. The normalized spacial score (nSPS) is 18.5. The highest BCUT2D eigenvalue weighted by atomic mass is 16.5. The Morgan fingerprint density at radius 3 is 2.89 bits per heavy atom. The van der Waals surface area contributed by atoms with E-state index in [9.17, 15) is 4.79 Å². The van der Waals surface area contributed by atoms with E-state index in [4.69, 9.17) is 9.15 Å². The summed E-state index contributed by atoms with van der Waals surface area (Å²) in [6.45, 7) is 10.0. The van der Waals surface area contributed by atoms with Gasteiger partial charge in [-0.05, 0) is 69.0 Å². The van der Waals surface area contributed by atoms with Crippen molar-refractivity contribution < 1.29 is 9.15 Å². The molecule has 27 heavy (non-hydrogen) atoms. The molecule has 1 atom stereocenters. The average Bonchev–Trinajstić information content (AvgIpc) is 2.61. The van der Waals surface area contributed by atoms with Crippen LogP contribution in [0.5, 0.6) is 0 Å². The molecule has 2 aromatic rings. The molecule has 0 N–H and O–H groups in total. The number of hydrogen-bond donors (Lipinski definition) is 0. The van der Waals surface area contributed by atoms with Crippen molar-refractivity contribution in [1.82, 2.24) is 9.80 Å². The van der Waals surface area contributed by atoms with Crippen LogP contribution in [0.2, 0.25) is 0 Å². The molecule has 0 spiro atoms. The van der Waals surface area contributed by atoms with Crippen molar-refractivity contribution in [3.63, 3.8) is 0 Å². The molecule has 0 aliphatic carbocycles. The van der Waals surface area contributed by atoms with E-state index in [0.717, 1.165) is 54.9 Å². The third kappa shape index (κ3) is 5.18. The minimum absolute atomic E-state index is 0.263. The Morgan fingerprint density at radius 1 is 1.30 bits per heavy atom. The van der Waals surface area contributed by atoms with Crippen molar-refractivity contribution in [2.45, 2.75) is 33.2 Å². The number of benzene rings is 1. The maximum absolute atomic E-state index is 12.1. The Hall–Kier alpha value is -1.69. The molecule has 0 bridgehead atoms. The maximum atomic E-state index is 12.1. The van der Waals surface area contributed by atoms with E-state index in [1.165, 1.54) is 24.9 Å². The van der Waals surface area contributed by atoms with Crippen LogP contribution in [0.4, 0.5) is 0 Å². The fourth-order valence-electron chi connectivity index (χ4n) is 4.33. The zero-order valence-corrected chi connectivity index (χ0v) is 17.1. The smallest absolute Gasteiger partial charge is 0.336 e. The summed E-state index contributed by atoms with van der Waals surface area (Å²) in [4.78, 5) is 16.9. The molecule has 1 aliphatic rings. The standard InChI is InChI=1S/C22H32N2O3/c1-16-10-17(2)22-20(11-16)19(12-21(25)27-22)15-23(3)13-18-6-5-7-24(14-18)8-9-26-4/h10-12,18H,5-9,13-15H2,1-4H3. The fraction of sp³-hybridized carbons (Fsp3) is 0.591. The fourth-order valence-corrected chi connectivity index (χ4v) is 4.33. The van der Waals surface area contributed by atoms with Crippen LogP contribution >= 0.6 is 0 Å². The first kappa shape index (κ1) is 20.1. The summed E-state index contributed by atoms with van der Waals surface area (Å²) in [5.74, 6) is 0.662. The lowest BCUT2D eigenvalue weighted by atomic mass is 9.97. The van der Waals surface area contributed by atoms with Crippen LogP contribution < -0.4 is 5.63 Å². The summed E-state index contributed by atoms with van der Waals surface area (Å²) in [6, 6.07) is 5.85. The molecular weight excluding hydrogens is 340 g/mol. The highest BCUT2D eigenvalue weighted by Gasteiger charge is 2.21. The first-order valence-corrected chi connectivity index (χ1v) is 9.90. The molecule has 3 rings (SSSR count). The zero-order chi connectivity index (χ0) is 19.4. The van der Waals surface area contributed by atoms with E-state index in [1.807, 2.05) is 6.92 Å². The minimum atomic E-state index is -0.263. The predicted octanol–water partition coefficient (Wildman–Crippen LogP) is 3.20. The molecule has 1 aliphatic heterocycles. The molecule has 1 unspecified atom stereocenters. The van der Waals surface area contributed by atoms with Crippen molar-refractivity contribution in [2.24, 2.45) is 5.92 Å². The molecule has 1 saturated heterocycles. The number of nitrogens with zero attached hydrogens (tertiary/aromatic N) is 2. The largest absolute Gasteiger partial charge is 0.422 e. The monoisotopic (exact) mass is 372 g/mol. The van der Waals surface area contributed by atoms with Crippen LogP contribution in [0.15, 0.2) is 27.4 Å². The van der Waals surface area contributed by atoms with Gasteiger partial charge in [0.05, 0.1) is 6.61 Å². The lowest BCUT2D eigenvalue weighted by Crippen LogP contribution is -2.41. The number of ether oxygens (including phenoxy) is 1. The van der Waals surface area contributed by atoms with E-state index in [-0.39, 0.29) is 5.63 Å². The number of fused-ring (bicyclic) bond motifs is 1. The molecule has 2 heterocycles. The molecule has 0 saturated carbocycles. The molecule has 5 nitrogen and oxygen atoms in total. The number of hydrogen-bond acceptors (Lipinski definition) is 5. The molecule has 5 heteroatoms. The van der Waals surface area contributed by atoms with Crippen molar-refractivity contribution in [3.8, 4) is 0 Å². The van der Waals surface area contributed by atoms with Gasteiger partial charge in [0.1, 0.15) is 5.58 Å². The Balaban J connectivity index is 1.71. The maximum Gasteiger partial charge on any atom is 0.336 e. The third-order valence-corrected chi connectivity index (χ3v) is 5.48. The molecule has 1 aromatic heterocycles.